The molecule has 6 fully saturated rings. The van der Waals surface area contributed by atoms with Gasteiger partial charge in [0.1, 0.15) is 146 Å². The van der Waals surface area contributed by atoms with Crippen molar-refractivity contribution >= 4 is 29.5 Å². The third-order valence-corrected chi connectivity index (χ3v) is 17.6. The SMILES string of the molecule is CCCCCCC#CCCCOc1cccc(C(=O)N[C@H]2C(O)[C@H](O)C(CO)O[C@H]2O[C@H]2C(O)C(NC(C)=O)C(OC3C(CO)O[C@@H](O[C@H]4C(O)C(NC(C)=O)C(OC5C(CO[C@@H]6OC(C)C(O)[C@H](O)[C@H]6OC)OC(O)[C@@H](NC(C)=O)[C@@H]5O)O[C@H]4CO)[C@@H](NC(C)=O)[C@@H]3O)O[C@H]2CO)c1. The van der Waals surface area contributed by atoms with Crippen molar-refractivity contribution < 1.29 is 152 Å². The monoisotopic (exact) mass is 1420 g/mol. The molecule has 1 aromatic rings. The Balaban J connectivity index is 1.07. The van der Waals surface area contributed by atoms with Crippen LogP contribution in [0.5, 0.6) is 5.75 Å². The van der Waals surface area contributed by atoms with E-state index in [-0.39, 0.29) is 12.2 Å². The van der Waals surface area contributed by atoms with Gasteiger partial charge in [0.15, 0.2) is 37.7 Å². The zero-order valence-corrected chi connectivity index (χ0v) is 56.0. The van der Waals surface area contributed by atoms with Crippen molar-refractivity contribution in [3.05, 3.63) is 29.8 Å². The average Bonchev–Trinajstić information content (AvgIpc) is 0.767. The minimum atomic E-state index is -2.07. The second kappa shape index (κ2) is 38.4. The Labute approximate surface area is 571 Å². The summed E-state index contributed by atoms with van der Waals surface area (Å²) in [5.41, 5.74) is 0.0342. The van der Waals surface area contributed by atoms with E-state index < -0.39 is 246 Å². The number of carbonyl (C=O) groups excluding carboxylic acids is 5. The molecule has 0 aliphatic carbocycles. The summed E-state index contributed by atoms with van der Waals surface area (Å²) < 4.78 is 77.9. The molecule has 0 radical (unpaired) electrons. The first kappa shape index (κ1) is 81.2. The van der Waals surface area contributed by atoms with Crippen molar-refractivity contribution in [2.24, 2.45) is 0 Å². The molecule has 7 rings (SSSR count). The fraction of sp³-hybridized carbons (Fsp3) is 0.794. The summed E-state index contributed by atoms with van der Waals surface area (Å²) in [6.07, 6.45) is -37.0. The van der Waals surface area contributed by atoms with Gasteiger partial charge < -0.3 is 155 Å². The molecule has 36 heteroatoms. The lowest BCUT2D eigenvalue weighted by Crippen LogP contribution is -2.72. The number of carbonyl (C=O) groups is 5. The first-order chi connectivity index (χ1) is 47.2. The first-order valence-electron chi connectivity index (χ1n) is 33.0. The highest BCUT2D eigenvalue weighted by atomic mass is 16.8. The van der Waals surface area contributed by atoms with Gasteiger partial charge >= 0.3 is 0 Å². The van der Waals surface area contributed by atoms with Gasteiger partial charge in [0.05, 0.1) is 45.7 Å². The number of hydrogen-bond donors (Lipinski definition) is 18. The minimum Gasteiger partial charge on any atom is -0.494 e. The Morgan fingerprint density at radius 3 is 1.35 bits per heavy atom. The number of unbranched alkanes of at least 4 members (excludes halogenated alkanes) is 5. The molecule has 562 valence electrons. The van der Waals surface area contributed by atoms with Gasteiger partial charge in [-0.15, -0.1) is 11.8 Å². The maximum atomic E-state index is 13.9. The van der Waals surface area contributed by atoms with E-state index in [2.05, 4.69) is 45.3 Å². The molecular weight excluding hydrogens is 1320 g/mol. The van der Waals surface area contributed by atoms with E-state index in [1.807, 2.05) is 0 Å². The van der Waals surface area contributed by atoms with Gasteiger partial charge in [0, 0.05) is 53.2 Å². The number of hydrogen-bond acceptors (Lipinski definition) is 31. The summed E-state index contributed by atoms with van der Waals surface area (Å²) in [5, 5.41) is 158. The highest BCUT2D eigenvalue weighted by Crippen LogP contribution is 2.37. The van der Waals surface area contributed by atoms with Crippen LogP contribution < -0.4 is 31.3 Å². The van der Waals surface area contributed by atoms with Crippen LogP contribution in [-0.4, -0.2) is 327 Å². The number of aliphatic hydroxyl groups is 13. The number of ether oxygens (including phenoxy) is 13. The van der Waals surface area contributed by atoms with Crippen LogP contribution in [0.1, 0.15) is 96.8 Å². The van der Waals surface area contributed by atoms with Gasteiger partial charge in [0.25, 0.3) is 5.91 Å². The quantitative estimate of drug-likeness (QED) is 0.0251. The molecule has 5 amide bonds. The first-order valence-corrected chi connectivity index (χ1v) is 33.0. The molecule has 0 bridgehead atoms. The highest BCUT2D eigenvalue weighted by Gasteiger charge is 2.58. The molecule has 36 nitrogen and oxygen atoms in total. The van der Waals surface area contributed by atoms with Crippen LogP contribution in [0, 0.1) is 11.8 Å². The van der Waals surface area contributed by atoms with Crippen molar-refractivity contribution in [1.29, 1.82) is 0 Å². The lowest BCUT2D eigenvalue weighted by molar-refractivity contribution is -0.368. The Kier molecular flexibility index (Phi) is 31.5. The van der Waals surface area contributed by atoms with Crippen LogP contribution >= 0.6 is 0 Å². The molecule has 0 spiro atoms. The van der Waals surface area contributed by atoms with Gasteiger partial charge in [-0.05, 0) is 38.0 Å². The topological polar surface area (TPSA) is 528 Å². The van der Waals surface area contributed by atoms with Crippen LogP contribution in [0.25, 0.3) is 0 Å². The predicted molar refractivity (Wildman–Crippen MR) is 332 cm³/mol. The maximum Gasteiger partial charge on any atom is 0.251 e. The molecule has 6 aliphatic heterocycles. The number of nitrogens with one attached hydrogen (secondary N) is 5. The molecule has 6 heterocycles. The smallest absolute Gasteiger partial charge is 0.251 e. The number of benzene rings is 1. The van der Waals surface area contributed by atoms with E-state index in [1.54, 1.807) is 12.1 Å². The third-order valence-electron chi connectivity index (χ3n) is 17.6. The van der Waals surface area contributed by atoms with Crippen molar-refractivity contribution in [3.63, 3.8) is 0 Å². The predicted octanol–water partition coefficient (Wildman–Crippen LogP) is -7.27. The number of methoxy groups -OCH3 is 1. The molecule has 15 unspecified atom stereocenters. The maximum absolute atomic E-state index is 13.9. The standard InChI is InChI=1S/C63H99N5O31/c1-8-9-10-11-12-13-14-15-16-20-88-33-19-17-18-32(21-33)57(85)68-40-46(79)45(78)34(22-69)92-59(40)96-52-35(23-70)93-60(41(48(52)81)65-29(4)74)97-53-36(24-71)94-61(42(49(53)82)66-30(5)75)98-54-37(25-72)95-62(43(50(54)83)67-31(6)76)99-55-38(91-58(86)39(47(55)80)64-28(3)73)26-89-63-56(87-7)51(84)44(77)27(2)90-63/h17-19,21,27,34-56,58-63,69-72,77-84,86H,8-12,15-16,20,22-26H2,1-7H3,(H,64,73)(H,65,74)(H,66,75)(H,67,76)(H,68,85)/t27?,34?,35-,36?,37-,38?,39-,40-,41?,42-,43?,44?,45+,46?,47-,48?,49-,50?,51-,52+,53?,54+,55?,56+,58?,59-,60?,61-,62?,63+/m0/s1. The second-order valence-corrected chi connectivity index (χ2v) is 25.1. The Bertz CT molecular complexity index is 2790. The lowest BCUT2D eigenvalue weighted by Gasteiger charge is -2.51. The Morgan fingerprint density at radius 2 is 0.899 bits per heavy atom. The Morgan fingerprint density at radius 1 is 0.465 bits per heavy atom. The molecule has 0 aromatic heterocycles. The van der Waals surface area contributed by atoms with Crippen LogP contribution in [0.2, 0.25) is 0 Å². The van der Waals surface area contributed by atoms with E-state index in [1.165, 1.54) is 26.2 Å². The number of amides is 5. The summed E-state index contributed by atoms with van der Waals surface area (Å²) in [6.45, 7) is 3.43. The molecular formula is C63H99N5O31. The van der Waals surface area contributed by atoms with Gasteiger partial charge in [-0.25, -0.2) is 0 Å². The van der Waals surface area contributed by atoms with E-state index >= 15 is 0 Å². The Hall–Kier alpha value is -5.07. The van der Waals surface area contributed by atoms with Crippen molar-refractivity contribution in [2.75, 3.05) is 46.8 Å². The normalized spacial score (nSPS) is 39.4. The number of rotatable bonds is 30. The summed E-state index contributed by atoms with van der Waals surface area (Å²) in [7, 11) is 1.21. The van der Waals surface area contributed by atoms with E-state index in [0.29, 0.717) is 18.6 Å². The van der Waals surface area contributed by atoms with Crippen LogP contribution in [0.3, 0.4) is 0 Å². The van der Waals surface area contributed by atoms with Gasteiger partial charge in [-0.3, -0.25) is 24.0 Å². The van der Waals surface area contributed by atoms with Crippen LogP contribution in [0.15, 0.2) is 24.3 Å². The minimum absolute atomic E-state index is 0.0342. The van der Waals surface area contributed by atoms with Crippen LogP contribution in [-0.2, 0) is 76.0 Å². The molecule has 99 heavy (non-hydrogen) atoms. The zero-order valence-electron chi connectivity index (χ0n) is 56.0. The van der Waals surface area contributed by atoms with Gasteiger partial charge in [0.2, 0.25) is 23.6 Å². The third kappa shape index (κ3) is 20.9. The summed E-state index contributed by atoms with van der Waals surface area (Å²) in [4.78, 5) is 65.1. The van der Waals surface area contributed by atoms with Crippen LogP contribution in [0.4, 0.5) is 0 Å². The fourth-order valence-corrected chi connectivity index (χ4v) is 12.5. The largest absolute Gasteiger partial charge is 0.494 e. The molecule has 6 aliphatic rings. The lowest BCUT2D eigenvalue weighted by atomic mass is 9.93. The average molecular weight is 1420 g/mol. The summed E-state index contributed by atoms with van der Waals surface area (Å²) in [6, 6.07) is -2.53. The highest BCUT2D eigenvalue weighted by molar-refractivity contribution is 5.94. The summed E-state index contributed by atoms with van der Waals surface area (Å²) in [5.74, 6) is 2.59. The fourth-order valence-electron chi connectivity index (χ4n) is 12.5. The molecule has 6 saturated heterocycles. The van der Waals surface area contributed by atoms with Gasteiger partial charge in [-0.1, -0.05) is 32.3 Å². The van der Waals surface area contributed by atoms with E-state index in [4.69, 9.17) is 61.6 Å². The summed E-state index contributed by atoms with van der Waals surface area (Å²) >= 11 is 0. The van der Waals surface area contributed by atoms with Crippen molar-refractivity contribution in [2.45, 2.75) is 270 Å². The van der Waals surface area contributed by atoms with E-state index in [9.17, 15) is 90.4 Å². The second-order valence-electron chi connectivity index (χ2n) is 25.1. The van der Waals surface area contributed by atoms with Crippen molar-refractivity contribution in [3.8, 4) is 17.6 Å². The zero-order chi connectivity index (χ0) is 72.5. The molecule has 18 N–H and O–H groups in total. The number of aliphatic hydroxyl groups excluding tert-OH is 13. The van der Waals surface area contributed by atoms with E-state index in [0.717, 1.165) is 59.8 Å². The molecule has 30 atom stereocenters. The molecule has 0 saturated carbocycles. The van der Waals surface area contributed by atoms with Crippen molar-refractivity contribution in [1.82, 2.24) is 26.6 Å². The van der Waals surface area contributed by atoms with Gasteiger partial charge in [-0.2, -0.15) is 0 Å². The molecule has 1 aromatic carbocycles.